The summed E-state index contributed by atoms with van der Waals surface area (Å²) >= 11 is 0. The lowest BCUT2D eigenvalue weighted by atomic mass is 9.98. The average molecular weight is 302 g/mol. The molecule has 0 atom stereocenters. The molecule has 5 heteroatoms. The van der Waals surface area contributed by atoms with Crippen LogP contribution in [0.5, 0.6) is 5.75 Å². The number of quaternary nitrogens is 1. The largest absolute Gasteiger partial charge is 0.507 e. The maximum absolute atomic E-state index is 13.1. The second kappa shape index (κ2) is 6.68. The number of rotatable bonds is 5. The average Bonchev–Trinajstić information content (AvgIpc) is 2.46. The van der Waals surface area contributed by atoms with Crippen LogP contribution in [0.1, 0.15) is 5.56 Å². The van der Waals surface area contributed by atoms with Crippen molar-refractivity contribution in [2.24, 2.45) is 0 Å². The van der Waals surface area contributed by atoms with Gasteiger partial charge in [0, 0.05) is 24.2 Å². The third-order valence-corrected chi connectivity index (χ3v) is 3.43. The number of phenols is 1. The Morgan fingerprint density at radius 2 is 1.95 bits per heavy atom. The zero-order valence-corrected chi connectivity index (χ0v) is 13.0. The lowest BCUT2D eigenvalue weighted by Gasteiger charge is -2.14. The predicted octanol–water partition coefficient (Wildman–Crippen LogP) is 1.95. The van der Waals surface area contributed by atoms with Crippen LogP contribution in [0.4, 0.5) is 10.1 Å². The summed E-state index contributed by atoms with van der Waals surface area (Å²) in [4.78, 5) is 1.93. The monoisotopic (exact) mass is 302 g/mol. The number of halogens is 1. The van der Waals surface area contributed by atoms with E-state index in [1.165, 1.54) is 6.07 Å². The summed E-state index contributed by atoms with van der Waals surface area (Å²) in [6.45, 7) is 0.527. The number of aromatic hydroxyl groups is 1. The van der Waals surface area contributed by atoms with Gasteiger partial charge in [-0.15, -0.1) is 0 Å². The van der Waals surface area contributed by atoms with Gasteiger partial charge in [0.15, 0.2) is 0 Å². The molecular formula is C17H21FN3O+. The molecule has 0 heterocycles. The molecule has 116 valence electrons. The van der Waals surface area contributed by atoms with Gasteiger partial charge >= 0.3 is 0 Å². The number of nitrogens with one attached hydrogen (secondary N) is 1. The summed E-state index contributed by atoms with van der Waals surface area (Å²) in [6.07, 6.45) is 0. The summed E-state index contributed by atoms with van der Waals surface area (Å²) in [6, 6.07) is 9.62. The molecule has 0 fully saturated rings. The number of nitrogens with zero attached hydrogens (tertiary/aromatic N) is 1. The number of hydrogen-bond acceptors (Lipinski definition) is 3. The predicted molar refractivity (Wildman–Crippen MR) is 86.4 cm³/mol. The third kappa shape index (κ3) is 3.50. The Labute approximate surface area is 129 Å². The second-order valence-corrected chi connectivity index (χ2v) is 5.47. The number of nitrogens with two attached hydrogens (primary N) is 1. The highest BCUT2D eigenvalue weighted by atomic mass is 19.1. The zero-order valence-electron chi connectivity index (χ0n) is 13.0. The molecule has 2 aromatic carbocycles. The zero-order chi connectivity index (χ0) is 16.3. The van der Waals surface area contributed by atoms with Gasteiger partial charge in [0.25, 0.3) is 0 Å². The van der Waals surface area contributed by atoms with Gasteiger partial charge in [-0.25, -0.2) is 4.39 Å². The van der Waals surface area contributed by atoms with Crippen molar-refractivity contribution in [2.75, 3.05) is 27.7 Å². The first kappa shape index (κ1) is 16.1. The van der Waals surface area contributed by atoms with E-state index in [2.05, 4.69) is 0 Å². The Morgan fingerprint density at radius 3 is 2.55 bits per heavy atom. The van der Waals surface area contributed by atoms with Crippen molar-refractivity contribution in [1.29, 1.82) is 5.41 Å². The van der Waals surface area contributed by atoms with Crippen molar-refractivity contribution >= 4 is 11.4 Å². The standard InChI is InChI=1S/C17H20FN3O/c1-20-16-7-4-11(8-14(16)15(19)10-21(2)3)13-6-5-12(18)9-17(13)22/h4-9,19-20,22H,10H2,1-3H3/p+1. The van der Waals surface area contributed by atoms with Crippen molar-refractivity contribution < 1.29 is 14.8 Å². The van der Waals surface area contributed by atoms with Crippen LogP contribution in [0, 0.1) is 11.2 Å². The van der Waals surface area contributed by atoms with Crippen LogP contribution < -0.4 is 5.32 Å². The first-order valence-corrected chi connectivity index (χ1v) is 7.07. The van der Waals surface area contributed by atoms with Crippen LogP contribution in [-0.2, 0) is 0 Å². The molecule has 0 radical (unpaired) electrons. The Balaban J connectivity index is 2.48. The third-order valence-electron chi connectivity index (χ3n) is 3.43. The molecule has 0 unspecified atom stereocenters. The van der Waals surface area contributed by atoms with Gasteiger partial charge in [0.05, 0.1) is 18.3 Å². The van der Waals surface area contributed by atoms with E-state index >= 15 is 0 Å². The molecule has 2 aromatic rings. The van der Waals surface area contributed by atoms with Crippen molar-refractivity contribution in [1.82, 2.24) is 4.90 Å². The van der Waals surface area contributed by atoms with E-state index in [0.29, 0.717) is 17.8 Å². The fraction of sp³-hybridized carbons (Fsp3) is 0.235. The Bertz CT molecular complexity index is 698. The van der Waals surface area contributed by atoms with Crippen LogP contribution in [0.2, 0.25) is 0 Å². The normalized spacial score (nSPS) is 11.0. The lowest BCUT2D eigenvalue weighted by Crippen LogP contribution is -2.73. The number of hydrogen-bond donors (Lipinski definition) is 3. The van der Waals surface area contributed by atoms with E-state index in [4.69, 9.17) is 5.41 Å². The highest BCUT2D eigenvalue weighted by Crippen LogP contribution is 2.31. The molecule has 0 saturated heterocycles. The minimum atomic E-state index is -0.472. The van der Waals surface area contributed by atoms with E-state index in [-0.39, 0.29) is 5.75 Å². The quantitative estimate of drug-likeness (QED) is 0.584. The van der Waals surface area contributed by atoms with Gasteiger partial charge in [-0.05, 0) is 43.9 Å². The van der Waals surface area contributed by atoms with Crippen LogP contribution in [0.15, 0.2) is 36.4 Å². The summed E-state index contributed by atoms with van der Waals surface area (Å²) in [7, 11) is 5.76. The molecule has 2 rings (SSSR count). The van der Waals surface area contributed by atoms with Gasteiger partial charge < -0.3 is 20.7 Å². The molecule has 0 amide bonds. The van der Waals surface area contributed by atoms with E-state index in [9.17, 15) is 9.50 Å². The highest BCUT2D eigenvalue weighted by Gasteiger charge is 2.14. The molecule has 22 heavy (non-hydrogen) atoms. The highest BCUT2D eigenvalue weighted by molar-refractivity contribution is 6.04. The SMILES string of the molecule is C[NH2+]c1ccc(-c2ccc(F)cc2O)cc1C(=N)CN(C)C. The van der Waals surface area contributed by atoms with Crippen LogP contribution in [-0.4, -0.2) is 43.4 Å². The van der Waals surface area contributed by atoms with Crippen molar-refractivity contribution in [3.63, 3.8) is 0 Å². The van der Waals surface area contributed by atoms with Crippen LogP contribution >= 0.6 is 0 Å². The van der Waals surface area contributed by atoms with Crippen molar-refractivity contribution in [2.45, 2.75) is 0 Å². The van der Waals surface area contributed by atoms with Crippen LogP contribution in [0.3, 0.4) is 0 Å². The van der Waals surface area contributed by atoms with Gasteiger partial charge in [0.2, 0.25) is 0 Å². The smallest absolute Gasteiger partial charge is 0.138 e. The van der Waals surface area contributed by atoms with Gasteiger partial charge in [0.1, 0.15) is 17.3 Å². The minimum Gasteiger partial charge on any atom is -0.507 e. The molecule has 0 aliphatic rings. The van der Waals surface area contributed by atoms with Crippen molar-refractivity contribution in [3.05, 3.63) is 47.8 Å². The van der Waals surface area contributed by atoms with E-state index in [1.54, 1.807) is 6.07 Å². The first-order chi connectivity index (χ1) is 10.4. The summed E-state index contributed by atoms with van der Waals surface area (Å²) in [5, 5.41) is 20.2. The topological polar surface area (TPSA) is 63.9 Å². The van der Waals surface area contributed by atoms with Gasteiger partial charge in [-0.2, -0.15) is 0 Å². The molecule has 0 aliphatic carbocycles. The maximum atomic E-state index is 13.1. The molecule has 4 nitrogen and oxygen atoms in total. The molecule has 0 bridgehead atoms. The van der Waals surface area contributed by atoms with Gasteiger partial charge in [-0.1, -0.05) is 0 Å². The fourth-order valence-electron chi connectivity index (χ4n) is 2.39. The Morgan fingerprint density at radius 1 is 1.23 bits per heavy atom. The molecule has 0 aromatic heterocycles. The lowest BCUT2D eigenvalue weighted by molar-refractivity contribution is -0.539. The minimum absolute atomic E-state index is 0.0988. The molecule has 0 aliphatic heterocycles. The fourth-order valence-corrected chi connectivity index (χ4v) is 2.39. The summed E-state index contributed by atoms with van der Waals surface area (Å²) in [5.74, 6) is -0.571. The summed E-state index contributed by atoms with van der Waals surface area (Å²) in [5.41, 5.74) is 3.61. The second-order valence-electron chi connectivity index (χ2n) is 5.47. The maximum Gasteiger partial charge on any atom is 0.138 e. The van der Waals surface area contributed by atoms with E-state index in [1.807, 2.05) is 49.6 Å². The molecule has 0 spiro atoms. The molecule has 0 saturated carbocycles. The Hall–Kier alpha value is -2.24. The van der Waals surface area contributed by atoms with Crippen LogP contribution in [0.25, 0.3) is 11.1 Å². The van der Waals surface area contributed by atoms with E-state index < -0.39 is 5.82 Å². The van der Waals surface area contributed by atoms with Gasteiger partial charge in [-0.3, -0.25) is 0 Å². The number of phenolic OH excluding ortho intramolecular Hbond substituents is 1. The van der Waals surface area contributed by atoms with E-state index in [0.717, 1.165) is 22.9 Å². The molecule has 4 N–H and O–H groups in total. The number of likely N-dealkylation sites (N-methyl/N-ethyl adjacent to an activating group) is 1. The summed E-state index contributed by atoms with van der Waals surface area (Å²) < 4.78 is 13.1. The molecular weight excluding hydrogens is 281 g/mol. The first-order valence-electron chi connectivity index (χ1n) is 7.07. The number of benzene rings is 2. The van der Waals surface area contributed by atoms with Crippen molar-refractivity contribution in [3.8, 4) is 16.9 Å². The Kier molecular flexibility index (Phi) is 4.90.